The van der Waals surface area contributed by atoms with Gasteiger partial charge < -0.3 is 28.4 Å². The van der Waals surface area contributed by atoms with Crippen LogP contribution in [0.15, 0.2) is 244 Å². The van der Waals surface area contributed by atoms with Crippen LogP contribution in [-0.4, -0.2) is 11.5 Å². The van der Waals surface area contributed by atoms with Crippen LogP contribution in [0.1, 0.15) is 80.5 Å². The summed E-state index contributed by atoms with van der Waals surface area (Å²) >= 11 is 0. The minimum atomic E-state index is -0.895. The molecule has 0 unspecified atom stereocenters. The first kappa shape index (κ1) is 49.7. The molecule has 0 bridgehead atoms. The van der Waals surface area contributed by atoms with Crippen LogP contribution in [-0.2, 0) is 16.2 Å². The molecule has 0 saturated carbocycles. The van der Waals surface area contributed by atoms with E-state index >= 15 is 0 Å². The smallest absolute Gasteiger partial charge is 0.227 e. The highest BCUT2D eigenvalue weighted by atomic mass is 16.4. The summed E-state index contributed by atoms with van der Waals surface area (Å²) in [5.74, 6) is 0.791. The quantitative estimate of drug-likeness (QED) is 0.163. The average Bonchev–Trinajstić information content (AvgIpc) is 1.51. The first-order valence-corrected chi connectivity index (χ1v) is 29.1. The fraction of sp³-hybridized carbons (Fsp3) is 0.130. The Labute approximate surface area is 487 Å². The summed E-state index contributed by atoms with van der Waals surface area (Å²) < 4.78 is 20.8. The number of aromatic nitrogens is 1. The third-order valence-electron chi connectivity index (χ3n) is 17.7. The van der Waals surface area contributed by atoms with Crippen LogP contribution in [0.4, 0.5) is 40.0 Å². The Kier molecular flexibility index (Phi) is 10.9. The highest BCUT2D eigenvalue weighted by Gasteiger charge is 2.50. The molecule has 1 aliphatic heterocycles. The second-order valence-electron chi connectivity index (χ2n) is 24.7. The van der Waals surface area contributed by atoms with Gasteiger partial charge in [-0.2, -0.15) is 0 Å². The van der Waals surface area contributed by atoms with E-state index in [0.717, 1.165) is 146 Å². The standard InChI is InChI=1S/C77H60N4O3/c1-75(2,3)47-29-33-51(34-30-47)80(53-37-39-56-59-26-17-41-78-73(59)83-67(56)43-53)64-45-62-69(58-24-14-13-23-55(58)64)71-63(77(62,49-19-9-7-10-20-49)50-21-11-8-12-22-50)46-65(70-61-25-15-16-28-66(61)82-72(70)71)81(52-35-31-48(32-36-52)76(4,5)6)54-38-40-57-60-27-18-42-79-74(60)84-68(57)44-54/h7-41,43-46,79H,42H2,1-6H3. The highest BCUT2D eigenvalue weighted by Crippen LogP contribution is 2.64. The van der Waals surface area contributed by atoms with E-state index in [9.17, 15) is 0 Å². The molecule has 7 nitrogen and oxygen atoms in total. The van der Waals surface area contributed by atoms with Gasteiger partial charge in [0.25, 0.3) is 0 Å². The molecule has 0 spiro atoms. The lowest BCUT2D eigenvalue weighted by molar-refractivity contribution is 0.590. The Morgan fingerprint density at radius 2 is 0.976 bits per heavy atom. The second kappa shape index (κ2) is 18.5. The van der Waals surface area contributed by atoms with Gasteiger partial charge in [0, 0.05) is 85.7 Å². The number of rotatable bonds is 8. The molecule has 406 valence electrons. The average molecular weight is 1090 g/mol. The number of anilines is 7. The van der Waals surface area contributed by atoms with Crippen LogP contribution in [0, 0.1) is 0 Å². The molecular formula is C77H60N4O3. The van der Waals surface area contributed by atoms with Crippen molar-refractivity contribution in [2.45, 2.75) is 57.8 Å². The summed E-state index contributed by atoms with van der Waals surface area (Å²) in [7, 11) is 0. The van der Waals surface area contributed by atoms with Gasteiger partial charge in [0.15, 0.2) is 0 Å². The minimum absolute atomic E-state index is 0.0487. The van der Waals surface area contributed by atoms with Gasteiger partial charge in [0.2, 0.25) is 11.6 Å². The Bertz CT molecular complexity index is 4940. The van der Waals surface area contributed by atoms with E-state index in [4.69, 9.17) is 13.3 Å². The fourth-order valence-corrected chi connectivity index (χ4v) is 13.7. The number of nitrogens with zero attached hydrogens (tertiary/aromatic N) is 3. The van der Waals surface area contributed by atoms with Crippen molar-refractivity contribution in [3.63, 3.8) is 0 Å². The van der Waals surface area contributed by atoms with E-state index in [1.54, 1.807) is 6.20 Å². The number of benzene rings is 10. The van der Waals surface area contributed by atoms with E-state index in [0.29, 0.717) is 5.71 Å². The van der Waals surface area contributed by atoms with Crippen LogP contribution in [0.25, 0.3) is 83.0 Å². The minimum Gasteiger partial charge on any atom is -0.455 e. The lowest BCUT2D eigenvalue weighted by Crippen LogP contribution is -2.29. The zero-order valence-corrected chi connectivity index (χ0v) is 47.8. The largest absolute Gasteiger partial charge is 0.455 e. The number of nitrogens with one attached hydrogen (secondary N) is 1. The Hall–Kier alpha value is -10.1. The summed E-state index contributed by atoms with van der Waals surface area (Å²) in [6.45, 7) is 14.3. The third kappa shape index (κ3) is 7.47. The molecule has 16 rings (SSSR count). The normalized spacial score (nSPS) is 13.7. The van der Waals surface area contributed by atoms with Crippen molar-refractivity contribution >= 4 is 112 Å². The van der Waals surface area contributed by atoms with Crippen molar-refractivity contribution < 1.29 is 13.3 Å². The molecule has 1 aliphatic carbocycles. The predicted octanol–water partition coefficient (Wildman–Crippen LogP) is 21.1. The van der Waals surface area contributed by atoms with Crippen molar-refractivity contribution in [2.75, 3.05) is 21.7 Å². The molecule has 0 atom stereocenters. The maximum absolute atomic E-state index is 7.55. The summed E-state index contributed by atoms with van der Waals surface area (Å²) in [6, 6.07) is 80.3. The molecule has 14 aromatic rings. The summed E-state index contributed by atoms with van der Waals surface area (Å²) in [4.78, 5) is 9.50. The van der Waals surface area contributed by atoms with E-state index in [1.807, 2.05) is 6.07 Å². The van der Waals surface area contributed by atoms with E-state index < -0.39 is 5.41 Å². The van der Waals surface area contributed by atoms with Crippen molar-refractivity contribution in [3.8, 4) is 11.1 Å². The molecule has 84 heavy (non-hydrogen) atoms. The topological polar surface area (TPSA) is 70.8 Å². The van der Waals surface area contributed by atoms with Gasteiger partial charge >= 0.3 is 0 Å². The van der Waals surface area contributed by atoms with Gasteiger partial charge in [0.05, 0.1) is 22.2 Å². The number of furan rings is 3. The van der Waals surface area contributed by atoms with Gasteiger partial charge in [-0.3, -0.25) is 0 Å². The van der Waals surface area contributed by atoms with Gasteiger partial charge in [-0.15, -0.1) is 0 Å². The van der Waals surface area contributed by atoms with Crippen LogP contribution in [0.3, 0.4) is 0 Å². The van der Waals surface area contributed by atoms with E-state index in [2.05, 4.69) is 286 Å². The first-order chi connectivity index (χ1) is 40.9. The molecule has 1 N–H and O–H groups in total. The molecule has 4 aromatic heterocycles. The SMILES string of the molecule is CC(C)(C)c1ccc(N(c2ccc3c(c2)oc2ncccc23)c2cc3c(c4ccccc24)-c2c(cc(N(c4ccc(C(C)(C)C)cc4)c4ccc5c6c(oc5c4)NCC=C6)c4c2oc2ccccc24)C3(c2ccccc2)c2ccccc2)cc1. The van der Waals surface area contributed by atoms with Gasteiger partial charge in [-0.05, 0) is 134 Å². The molecule has 0 radical (unpaired) electrons. The number of hydrogen-bond acceptors (Lipinski definition) is 7. The van der Waals surface area contributed by atoms with E-state index in [1.165, 1.54) is 11.1 Å². The zero-order chi connectivity index (χ0) is 56.6. The molecule has 2 aliphatic rings. The van der Waals surface area contributed by atoms with Crippen molar-refractivity contribution in [1.82, 2.24) is 4.98 Å². The summed E-state index contributed by atoms with van der Waals surface area (Å²) in [5.41, 5.74) is 19.2. The maximum atomic E-state index is 7.55. The van der Waals surface area contributed by atoms with Crippen molar-refractivity contribution in [1.29, 1.82) is 0 Å². The first-order valence-electron chi connectivity index (χ1n) is 29.1. The third-order valence-corrected chi connectivity index (χ3v) is 17.7. The summed E-state index contributed by atoms with van der Waals surface area (Å²) in [5, 5.41) is 10.8. The number of pyridine rings is 1. The van der Waals surface area contributed by atoms with Gasteiger partial charge in [0.1, 0.15) is 22.3 Å². The summed E-state index contributed by atoms with van der Waals surface area (Å²) in [6.07, 6.45) is 6.11. The van der Waals surface area contributed by atoms with Crippen molar-refractivity contribution in [2.24, 2.45) is 0 Å². The predicted molar refractivity (Wildman–Crippen MR) is 348 cm³/mol. The van der Waals surface area contributed by atoms with Crippen LogP contribution in [0.2, 0.25) is 0 Å². The highest BCUT2D eigenvalue weighted by molar-refractivity contribution is 6.23. The monoisotopic (exact) mass is 1090 g/mol. The van der Waals surface area contributed by atoms with Crippen molar-refractivity contribution in [3.05, 3.63) is 270 Å². The van der Waals surface area contributed by atoms with Gasteiger partial charge in [-0.25, -0.2) is 4.98 Å². The fourth-order valence-electron chi connectivity index (χ4n) is 13.7. The Balaban J connectivity index is 1.04. The van der Waals surface area contributed by atoms with Crippen LogP contribution < -0.4 is 15.1 Å². The maximum Gasteiger partial charge on any atom is 0.227 e. The molecule has 0 saturated heterocycles. The molecule has 5 heterocycles. The van der Waals surface area contributed by atoms with Crippen LogP contribution >= 0.6 is 0 Å². The molecule has 10 aromatic carbocycles. The zero-order valence-electron chi connectivity index (χ0n) is 47.8. The molecular weight excluding hydrogens is 1030 g/mol. The molecule has 0 amide bonds. The lowest BCUT2D eigenvalue weighted by Gasteiger charge is -2.36. The second-order valence-corrected chi connectivity index (χ2v) is 24.7. The van der Waals surface area contributed by atoms with Gasteiger partial charge in [-0.1, -0.05) is 181 Å². The lowest BCUT2D eigenvalue weighted by atomic mass is 9.67. The Morgan fingerprint density at radius 3 is 1.63 bits per heavy atom. The number of fused-ring (bicyclic) bond motifs is 15. The van der Waals surface area contributed by atoms with E-state index in [-0.39, 0.29) is 10.8 Å². The molecule has 0 fully saturated rings. The number of para-hydroxylation sites is 1. The Morgan fingerprint density at radius 1 is 0.440 bits per heavy atom. The number of hydrogen-bond donors (Lipinski definition) is 1. The van der Waals surface area contributed by atoms with Crippen LogP contribution in [0.5, 0.6) is 0 Å². The molecule has 7 heteroatoms.